The first kappa shape index (κ1) is 28.8. The number of nitrogens with zero attached hydrogens (tertiary/aromatic N) is 4. The first-order valence-electron chi connectivity index (χ1n) is 17.2. The Labute approximate surface area is 282 Å². The second-order valence-electron chi connectivity index (χ2n) is 14.3. The molecule has 1 aromatic heterocycles. The Morgan fingerprint density at radius 3 is 1.48 bits per heavy atom. The topological polar surface area (TPSA) is 62.5 Å². The van der Waals surface area contributed by atoms with Crippen LogP contribution in [0.25, 0.3) is 56.4 Å². The maximum Gasteiger partial charge on any atom is 0.164 e. The lowest BCUT2D eigenvalue weighted by atomic mass is 9.48. The fourth-order valence-electron chi connectivity index (χ4n) is 9.22. The molecule has 0 radical (unpaired) electrons. The van der Waals surface area contributed by atoms with Gasteiger partial charge >= 0.3 is 0 Å². The number of aromatic nitrogens is 3. The molecule has 4 saturated carbocycles. The van der Waals surface area contributed by atoms with E-state index >= 15 is 0 Å². The molecule has 4 fully saturated rings. The molecule has 232 valence electrons. The maximum atomic E-state index is 9.26. The lowest BCUT2D eigenvalue weighted by molar-refractivity contribution is -0.00518. The predicted molar refractivity (Wildman–Crippen MR) is 192 cm³/mol. The fourth-order valence-corrected chi connectivity index (χ4v) is 9.22. The lowest BCUT2D eigenvalue weighted by Gasteiger charge is -2.57. The van der Waals surface area contributed by atoms with Crippen LogP contribution in [-0.2, 0) is 5.41 Å². The van der Waals surface area contributed by atoms with Crippen LogP contribution >= 0.6 is 0 Å². The SMILES string of the molecule is N#Cc1ccc(-c2cccc(-c3nc(-c4ccc(-c5ccccc5)cc4)nc(-c4ccc(C56CC7C[C@H](C5)C[C@@H](C7)C6)cc4)n3)c2)cc1. The van der Waals surface area contributed by atoms with Crippen molar-refractivity contribution in [2.75, 3.05) is 0 Å². The van der Waals surface area contributed by atoms with Crippen molar-refractivity contribution < 1.29 is 0 Å². The molecule has 4 bridgehead atoms. The third-order valence-corrected chi connectivity index (χ3v) is 11.1. The highest BCUT2D eigenvalue weighted by atomic mass is 15.0. The van der Waals surface area contributed by atoms with Crippen LogP contribution in [0.1, 0.15) is 49.7 Å². The van der Waals surface area contributed by atoms with Crippen molar-refractivity contribution in [2.45, 2.75) is 43.9 Å². The van der Waals surface area contributed by atoms with Crippen molar-refractivity contribution >= 4 is 0 Å². The first-order chi connectivity index (χ1) is 23.6. The smallest absolute Gasteiger partial charge is 0.164 e. The highest BCUT2D eigenvalue weighted by molar-refractivity contribution is 5.74. The molecule has 10 rings (SSSR count). The van der Waals surface area contributed by atoms with Gasteiger partial charge in [-0.05, 0) is 108 Å². The van der Waals surface area contributed by atoms with E-state index in [0.717, 1.165) is 51.1 Å². The van der Waals surface area contributed by atoms with E-state index in [9.17, 15) is 5.26 Å². The molecule has 0 unspecified atom stereocenters. The van der Waals surface area contributed by atoms with Gasteiger partial charge in [-0.2, -0.15) is 5.26 Å². The number of hydrogen-bond acceptors (Lipinski definition) is 4. The molecular weight excluding hydrogens is 585 g/mol. The van der Waals surface area contributed by atoms with Crippen molar-refractivity contribution in [3.05, 3.63) is 139 Å². The van der Waals surface area contributed by atoms with E-state index in [1.165, 1.54) is 49.7 Å². The van der Waals surface area contributed by atoms with Crippen LogP contribution in [0.3, 0.4) is 0 Å². The third-order valence-electron chi connectivity index (χ3n) is 11.1. The van der Waals surface area contributed by atoms with Crippen LogP contribution < -0.4 is 0 Å². The standard InChI is InChI=1S/C44H36N4/c45-28-29-9-11-35(12-10-29)38-7-4-8-39(24-38)43-47-41(36-15-13-34(14-16-36)33-5-2-1-3-6-33)46-42(48-43)37-17-19-40(20-18-37)44-25-30-21-31(26-44)23-32(22-30)27-44/h1-20,24,30-32H,21-23,25-27H2/t30-,31+,32?,44?. The Balaban J connectivity index is 1.10. The average molecular weight is 621 g/mol. The summed E-state index contributed by atoms with van der Waals surface area (Å²) in [5.74, 6) is 4.73. The summed E-state index contributed by atoms with van der Waals surface area (Å²) >= 11 is 0. The van der Waals surface area contributed by atoms with Crippen molar-refractivity contribution in [3.63, 3.8) is 0 Å². The molecule has 0 spiro atoms. The molecule has 4 nitrogen and oxygen atoms in total. The summed E-state index contributed by atoms with van der Waals surface area (Å²) in [5.41, 5.74) is 9.83. The van der Waals surface area contributed by atoms with Gasteiger partial charge in [0.25, 0.3) is 0 Å². The van der Waals surface area contributed by atoms with E-state index in [1.54, 1.807) is 0 Å². The normalized spacial score (nSPS) is 22.4. The van der Waals surface area contributed by atoms with Gasteiger partial charge in [0.1, 0.15) is 0 Å². The summed E-state index contributed by atoms with van der Waals surface area (Å²) in [6.07, 6.45) is 8.41. The predicted octanol–water partition coefficient (Wildman–Crippen LogP) is 10.5. The summed E-state index contributed by atoms with van der Waals surface area (Å²) in [7, 11) is 0. The maximum absolute atomic E-state index is 9.26. The molecule has 4 heteroatoms. The summed E-state index contributed by atoms with van der Waals surface area (Å²) in [4.78, 5) is 15.2. The van der Waals surface area contributed by atoms with Crippen LogP contribution in [0.4, 0.5) is 0 Å². The van der Waals surface area contributed by atoms with E-state index in [2.05, 4.69) is 97.1 Å². The molecule has 0 aliphatic heterocycles. The number of nitriles is 1. The largest absolute Gasteiger partial charge is 0.208 e. The Bertz CT molecular complexity index is 2110. The van der Waals surface area contributed by atoms with Crippen LogP contribution in [0.5, 0.6) is 0 Å². The van der Waals surface area contributed by atoms with Crippen molar-refractivity contribution in [2.24, 2.45) is 17.8 Å². The number of rotatable bonds is 6. The highest BCUT2D eigenvalue weighted by Gasteiger charge is 2.51. The number of benzene rings is 5. The third kappa shape index (κ3) is 5.30. The van der Waals surface area contributed by atoms with Gasteiger partial charge in [0.2, 0.25) is 0 Å². The van der Waals surface area contributed by atoms with Gasteiger partial charge in [-0.15, -0.1) is 0 Å². The molecule has 48 heavy (non-hydrogen) atoms. The monoisotopic (exact) mass is 620 g/mol. The second-order valence-corrected chi connectivity index (χ2v) is 14.3. The van der Waals surface area contributed by atoms with E-state index < -0.39 is 0 Å². The van der Waals surface area contributed by atoms with Crippen molar-refractivity contribution in [1.29, 1.82) is 5.26 Å². The summed E-state index contributed by atoms with van der Waals surface area (Å²) in [5, 5.41) is 9.26. The molecule has 0 saturated heterocycles. The van der Waals surface area contributed by atoms with Gasteiger partial charge in [-0.25, -0.2) is 15.0 Å². The molecular formula is C44H36N4. The Morgan fingerprint density at radius 1 is 0.458 bits per heavy atom. The minimum absolute atomic E-state index is 0.356. The Morgan fingerprint density at radius 2 is 0.896 bits per heavy atom. The van der Waals surface area contributed by atoms with Crippen LogP contribution in [0.2, 0.25) is 0 Å². The molecule has 4 aliphatic carbocycles. The van der Waals surface area contributed by atoms with E-state index in [4.69, 9.17) is 15.0 Å². The van der Waals surface area contributed by atoms with Crippen LogP contribution in [0.15, 0.2) is 127 Å². The zero-order valence-corrected chi connectivity index (χ0v) is 26.9. The van der Waals surface area contributed by atoms with Gasteiger partial charge in [0, 0.05) is 16.7 Å². The van der Waals surface area contributed by atoms with Crippen molar-refractivity contribution in [3.8, 4) is 62.5 Å². The second kappa shape index (κ2) is 11.7. The molecule has 6 aromatic rings. The van der Waals surface area contributed by atoms with Crippen molar-refractivity contribution in [1.82, 2.24) is 15.0 Å². The molecule has 0 amide bonds. The minimum atomic E-state index is 0.356. The molecule has 0 N–H and O–H groups in total. The van der Waals surface area contributed by atoms with E-state index in [1.807, 2.05) is 36.4 Å². The van der Waals surface area contributed by atoms with Gasteiger partial charge in [0.15, 0.2) is 17.5 Å². The first-order valence-corrected chi connectivity index (χ1v) is 17.2. The van der Waals surface area contributed by atoms with Crippen LogP contribution in [-0.4, -0.2) is 15.0 Å². The van der Waals surface area contributed by atoms with Gasteiger partial charge in [0.05, 0.1) is 11.6 Å². The minimum Gasteiger partial charge on any atom is -0.208 e. The zero-order valence-electron chi connectivity index (χ0n) is 26.9. The molecule has 0 atom stereocenters. The lowest BCUT2D eigenvalue weighted by Crippen LogP contribution is -2.48. The number of hydrogen-bond donors (Lipinski definition) is 0. The van der Waals surface area contributed by atoms with Gasteiger partial charge in [-0.1, -0.05) is 109 Å². The highest BCUT2D eigenvalue weighted by Crippen LogP contribution is 2.60. The van der Waals surface area contributed by atoms with Crippen LogP contribution in [0, 0.1) is 29.1 Å². The summed E-state index contributed by atoms with van der Waals surface area (Å²) in [6.45, 7) is 0. The molecule has 4 aliphatic rings. The quantitative estimate of drug-likeness (QED) is 0.186. The molecule has 1 heterocycles. The Hall–Kier alpha value is -5.40. The van der Waals surface area contributed by atoms with E-state index in [-0.39, 0.29) is 0 Å². The fraction of sp³-hybridized carbons (Fsp3) is 0.227. The van der Waals surface area contributed by atoms with E-state index in [0.29, 0.717) is 28.5 Å². The summed E-state index contributed by atoms with van der Waals surface area (Å²) in [6, 6.07) is 46.3. The zero-order chi connectivity index (χ0) is 32.1. The average Bonchev–Trinajstić information content (AvgIpc) is 3.15. The summed E-state index contributed by atoms with van der Waals surface area (Å²) < 4.78 is 0. The molecule has 5 aromatic carbocycles. The van der Waals surface area contributed by atoms with Gasteiger partial charge in [-0.3, -0.25) is 0 Å². The van der Waals surface area contributed by atoms with Gasteiger partial charge < -0.3 is 0 Å². The Kier molecular flexibility index (Phi) is 7.01.